The number of aromatic hydroxyl groups is 1. The number of benzene rings is 1. The van der Waals surface area contributed by atoms with Crippen molar-refractivity contribution in [1.29, 1.82) is 0 Å². The highest BCUT2D eigenvalue weighted by Crippen LogP contribution is 2.39. The third kappa shape index (κ3) is 4.11. The molecule has 0 radical (unpaired) electrons. The zero-order chi connectivity index (χ0) is 19.4. The number of phenols is 1. The fourth-order valence-corrected chi connectivity index (χ4v) is 4.22. The fraction of sp³-hybridized carbons (Fsp3) is 0.316. The minimum absolute atomic E-state index is 0.0207. The summed E-state index contributed by atoms with van der Waals surface area (Å²) in [7, 11) is 0. The second-order valence-corrected chi connectivity index (χ2v) is 7.03. The second kappa shape index (κ2) is 8.22. The lowest BCUT2D eigenvalue weighted by Gasteiger charge is -2.09. The first-order valence-electron chi connectivity index (χ1n) is 8.57. The number of amides is 1. The van der Waals surface area contributed by atoms with E-state index in [4.69, 9.17) is 9.47 Å². The number of thiophene rings is 1. The average Bonchev–Trinajstić information content (AvgIpc) is 3.20. The quantitative estimate of drug-likeness (QED) is 0.737. The first-order chi connectivity index (χ1) is 13.0. The Morgan fingerprint density at radius 1 is 1.15 bits per heavy atom. The zero-order valence-electron chi connectivity index (χ0n) is 14.7. The van der Waals surface area contributed by atoms with Gasteiger partial charge < -0.3 is 19.9 Å². The molecule has 0 fully saturated rings. The topological polar surface area (TPSA) is 102 Å². The molecule has 0 aliphatic heterocycles. The van der Waals surface area contributed by atoms with Crippen molar-refractivity contribution in [3.8, 4) is 5.75 Å². The summed E-state index contributed by atoms with van der Waals surface area (Å²) in [5, 5.41) is 12.7. The summed E-state index contributed by atoms with van der Waals surface area (Å²) in [6, 6.07) is 5.91. The predicted molar refractivity (Wildman–Crippen MR) is 99.3 cm³/mol. The number of hydrogen-bond donors (Lipinski definition) is 2. The molecule has 0 saturated heterocycles. The molecule has 0 atom stereocenters. The van der Waals surface area contributed by atoms with Gasteiger partial charge >= 0.3 is 11.9 Å². The number of aryl methyl sites for hydroxylation is 1. The molecule has 1 heterocycles. The van der Waals surface area contributed by atoms with Crippen molar-refractivity contribution >= 4 is 34.2 Å². The number of carbonyl (C=O) groups is 3. The average molecular weight is 389 g/mol. The maximum Gasteiger partial charge on any atom is 0.342 e. The zero-order valence-corrected chi connectivity index (χ0v) is 15.6. The van der Waals surface area contributed by atoms with Crippen LogP contribution >= 0.6 is 11.3 Å². The lowest BCUT2D eigenvalue weighted by molar-refractivity contribution is -0.119. The van der Waals surface area contributed by atoms with Crippen LogP contribution < -0.4 is 5.32 Å². The van der Waals surface area contributed by atoms with Gasteiger partial charge in [-0.1, -0.05) is 12.1 Å². The number of fused-ring (bicyclic) bond motifs is 1. The molecule has 0 unspecified atom stereocenters. The summed E-state index contributed by atoms with van der Waals surface area (Å²) < 4.78 is 10.1. The van der Waals surface area contributed by atoms with Crippen molar-refractivity contribution in [3.63, 3.8) is 0 Å². The van der Waals surface area contributed by atoms with Gasteiger partial charge in [0.25, 0.3) is 5.91 Å². The number of rotatable bonds is 6. The molecular formula is C19H19NO6S. The maximum absolute atomic E-state index is 12.3. The van der Waals surface area contributed by atoms with Crippen LogP contribution in [0, 0.1) is 0 Å². The SMILES string of the molecule is CCOC(=O)c1c(NC(=O)COC(=O)c2ccccc2O)sc2c1CCC2. The Hall–Kier alpha value is -2.87. The van der Waals surface area contributed by atoms with E-state index in [0.717, 1.165) is 29.7 Å². The Balaban J connectivity index is 1.67. The lowest BCUT2D eigenvalue weighted by Crippen LogP contribution is -2.22. The van der Waals surface area contributed by atoms with Gasteiger partial charge in [-0.3, -0.25) is 4.79 Å². The van der Waals surface area contributed by atoms with Gasteiger partial charge in [0.05, 0.1) is 12.2 Å². The molecule has 8 heteroatoms. The van der Waals surface area contributed by atoms with Gasteiger partial charge in [-0.2, -0.15) is 0 Å². The van der Waals surface area contributed by atoms with Crippen molar-refractivity contribution in [2.75, 3.05) is 18.5 Å². The highest BCUT2D eigenvalue weighted by molar-refractivity contribution is 7.17. The van der Waals surface area contributed by atoms with Gasteiger partial charge in [0, 0.05) is 4.88 Å². The monoisotopic (exact) mass is 389 g/mol. The Kier molecular flexibility index (Phi) is 5.75. The Labute approximate surface area is 159 Å². The molecule has 2 aromatic rings. The van der Waals surface area contributed by atoms with Crippen LogP contribution in [0.25, 0.3) is 0 Å². The normalized spacial score (nSPS) is 12.3. The predicted octanol–water partition coefficient (Wildman–Crippen LogP) is 2.91. The van der Waals surface area contributed by atoms with E-state index in [1.165, 1.54) is 23.5 Å². The number of carbonyl (C=O) groups excluding carboxylic acids is 3. The molecule has 3 rings (SSSR count). The number of para-hydroxylation sites is 1. The smallest absolute Gasteiger partial charge is 0.342 e. The molecule has 1 aliphatic rings. The van der Waals surface area contributed by atoms with Crippen molar-refractivity contribution in [2.45, 2.75) is 26.2 Å². The molecule has 0 spiro atoms. The van der Waals surface area contributed by atoms with Crippen LogP contribution in [0.5, 0.6) is 5.75 Å². The van der Waals surface area contributed by atoms with Crippen LogP contribution in [0.2, 0.25) is 0 Å². The Morgan fingerprint density at radius 2 is 1.93 bits per heavy atom. The van der Waals surface area contributed by atoms with Crippen molar-refractivity contribution in [3.05, 3.63) is 45.8 Å². The summed E-state index contributed by atoms with van der Waals surface area (Å²) in [5.41, 5.74) is 1.31. The van der Waals surface area contributed by atoms with Crippen LogP contribution in [0.4, 0.5) is 5.00 Å². The second-order valence-electron chi connectivity index (χ2n) is 5.92. The molecule has 0 saturated carbocycles. The number of hydrogen-bond acceptors (Lipinski definition) is 7. The molecule has 27 heavy (non-hydrogen) atoms. The largest absolute Gasteiger partial charge is 0.507 e. The van der Waals surface area contributed by atoms with E-state index < -0.39 is 24.5 Å². The van der Waals surface area contributed by atoms with Crippen LogP contribution in [-0.4, -0.2) is 36.2 Å². The van der Waals surface area contributed by atoms with Gasteiger partial charge in [0.15, 0.2) is 6.61 Å². The van der Waals surface area contributed by atoms with Gasteiger partial charge in [-0.05, 0) is 43.9 Å². The standard InChI is InChI=1S/C19H19NO6S/c1-2-25-19(24)16-12-7-5-9-14(12)27-17(16)20-15(22)10-26-18(23)11-6-3-4-8-13(11)21/h3-4,6,8,21H,2,5,7,9-10H2,1H3,(H,20,22). The van der Waals surface area contributed by atoms with Gasteiger partial charge in [0.2, 0.25) is 0 Å². The highest BCUT2D eigenvalue weighted by Gasteiger charge is 2.28. The Bertz CT molecular complexity index is 888. The number of ether oxygens (including phenoxy) is 2. The van der Waals surface area contributed by atoms with Crippen molar-refractivity contribution in [2.24, 2.45) is 0 Å². The van der Waals surface area contributed by atoms with Crippen molar-refractivity contribution < 1.29 is 29.0 Å². The van der Waals surface area contributed by atoms with E-state index in [0.29, 0.717) is 10.6 Å². The third-order valence-corrected chi connectivity index (χ3v) is 5.32. The minimum Gasteiger partial charge on any atom is -0.507 e. The van der Waals surface area contributed by atoms with E-state index >= 15 is 0 Å². The van der Waals surface area contributed by atoms with E-state index in [1.807, 2.05) is 0 Å². The van der Waals surface area contributed by atoms with Gasteiger partial charge in [-0.25, -0.2) is 9.59 Å². The number of esters is 2. The van der Waals surface area contributed by atoms with E-state index in [2.05, 4.69) is 5.32 Å². The highest BCUT2D eigenvalue weighted by atomic mass is 32.1. The van der Waals surface area contributed by atoms with E-state index in [-0.39, 0.29) is 17.9 Å². The number of phenolic OH excluding ortho intramolecular Hbond substituents is 1. The van der Waals surface area contributed by atoms with Gasteiger partial charge in [0.1, 0.15) is 16.3 Å². The lowest BCUT2D eigenvalue weighted by atomic mass is 10.1. The first-order valence-corrected chi connectivity index (χ1v) is 9.39. The third-order valence-electron chi connectivity index (χ3n) is 4.11. The summed E-state index contributed by atoms with van der Waals surface area (Å²) in [5.74, 6) is -2.05. The number of anilines is 1. The van der Waals surface area contributed by atoms with Crippen LogP contribution in [0.15, 0.2) is 24.3 Å². The summed E-state index contributed by atoms with van der Waals surface area (Å²) in [4.78, 5) is 37.5. The summed E-state index contributed by atoms with van der Waals surface area (Å²) >= 11 is 1.35. The first kappa shape index (κ1) is 18.9. The number of nitrogens with one attached hydrogen (secondary N) is 1. The van der Waals surface area contributed by atoms with E-state index in [9.17, 15) is 19.5 Å². The molecule has 0 bridgehead atoms. The van der Waals surface area contributed by atoms with E-state index in [1.54, 1.807) is 19.1 Å². The van der Waals surface area contributed by atoms with Crippen LogP contribution in [0.3, 0.4) is 0 Å². The molecule has 2 N–H and O–H groups in total. The molecule has 1 amide bonds. The Morgan fingerprint density at radius 3 is 2.67 bits per heavy atom. The van der Waals surface area contributed by atoms with Crippen molar-refractivity contribution in [1.82, 2.24) is 0 Å². The summed E-state index contributed by atoms with van der Waals surface area (Å²) in [6.45, 7) is 1.44. The molecule has 1 aromatic heterocycles. The molecule has 1 aromatic carbocycles. The molecular weight excluding hydrogens is 370 g/mol. The summed E-state index contributed by atoms with van der Waals surface area (Å²) in [6.07, 6.45) is 2.61. The minimum atomic E-state index is -0.803. The van der Waals surface area contributed by atoms with Gasteiger partial charge in [-0.15, -0.1) is 11.3 Å². The molecule has 1 aliphatic carbocycles. The van der Waals surface area contributed by atoms with Crippen LogP contribution in [-0.2, 0) is 27.1 Å². The maximum atomic E-state index is 12.3. The van der Waals surface area contributed by atoms with Crippen LogP contribution in [0.1, 0.15) is 44.5 Å². The molecule has 142 valence electrons. The fourth-order valence-electron chi connectivity index (χ4n) is 2.93. The molecule has 7 nitrogen and oxygen atoms in total.